The van der Waals surface area contributed by atoms with Gasteiger partial charge in [-0.3, -0.25) is 4.84 Å². The van der Waals surface area contributed by atoms with Gasteiger partial charge < -0.3 is 4.79 Å². The van der Waals surface area contributed by atoms with Crippen molar-refractivity contribution >= 4 is 6.29 Å². The van der Waals surface area contributed by atoms with E-state index >= 15 is 0 Å². The van der Waals surface area contributed by atoms with Crippen LogP contribution >= 0.6 is 0 Å². The van der Waals surface area contributed by atoms with Gasteiger partial charge in [-0.05, 0) is 31.1 Å². The maximum absolute atomic E-state index is 11.3. The first-order valence-corrected chi connectivity index (χ1v) is 7.19. The lowest BCUT2D eigenvalue weighted by Gasteiger charge is -2.36. The Hall–Kier alpha value is -0.410. The zero-order valence-electron chi connectivity index (χ0n) is 12.7. The highest BCUT2D eigenvalue weighted by molar-refractivity contribution is 5.57. The van der Waals surface area contributed by atoms with Crippen LogP contribution in [0.25, 0.3) is 0 Å². The second-order valence-electron chi connectivity index (χ2n) is 6.85. The van der Waals surface area contributed by atoms with Gasteiger partial charge >= 0.3 is 0 Å². The monoisotopic (exact) mass is 255 g/mol. The molecule has 106 valence electrons. The molecular formula is C15H29NO2. The van der Waals surface area contributed by atoms with Crippen molar-refractivity contribution in [2.24, 2.45) is 5.41 Å². The highest BCUT2D eigenvalue weighted by Crippen LogP contribution is 2.37. The van der Waals surface area contributed by atoms with Gasteiger partial charge in [0.25, 0.3) is 0 Å². The highest BCUT2D eigenvalue weighted by Gasteiger charge is 2.36. The number of hydrogen-bond donors (Lipinski definition) is 0. The van der Waals surface area contributed by atoms with Gasteiger partial charge in [0.2, 0.25) is 0 Å². The zero-order chi connectivity index (χ0) is 13.8. The molecule has 0 amide bonds. The summed E-state index contributed by atoms with van der Waals surface area (Å²) < 4.78 is 0. The molecule has 1 unspecified atom stereocenters. The van der Waals surface area contributed by atoms with E-state index in [9.17, 15) is 4.79 Å². The Morgan fingerprint density at radius 2 is 1.89 bits per heavy atom. The minimum atomic E-state index is -0.144. The molecule has 3 heteroatoms. The van der Waals surface area contributed by atoms with E-state index in [0.29, 0.717) is 0 Å². The van der Waals surface area contributed by atoms with E-state index in [1.54, 1.807) is 5.06 Å². The molecule has 0 aromatic heterocycles. The largest absolute Gasteiger partial charge is 0.302 e. The van der Waals surface area contributed by atoms with E-state index in [0.717, 1.165) is 32.0 Å². The molecule has 0 heterocycles. The third-order valence-corrected chi connectivity index (χ3v) is 3.94. The van der Waals surface area contributed by atoms with Gasteiger partial charge in [0, 0.05) is 7.05 Å². The van der Waals surface area contributed by atoms with Crippen LogP contribution in [-0.2, 0) is 9.63 Å². The standard InChI is InChI=1S/C15H29NO2/c1-6-15(9-7-8-10-15)18-16(5)13(12-17)11-14(2,3)4/h12-13H,6-11H2,1-5H3. The lowest BCUT2D eigenvalue weighted by Crippen LogP contribution is -2.43. The SMILES string of the molecule is CCC1(ON(C)C(C=O)CC(C)(C)C)CCCC1. The number of nitrogens with zero attached hydrogens (tertiary/aromatic N) is 1. The van der Waals surface area contributed by atoms with Crippen LogP contribution in [-0.4, -0.2) is 30.0 Å². The highest BCUT2D eigenvalue weighted by atomic mass is 16.7. The van der Waals surface area contributed by atoms with Crippen molar-refractivity contribution in [3.63, 3.8) is 0 Å². The molecule has 0 bridgehead atoms. The van der Waals surface area contributed by atoms with E-state index in [4.69, 9.17) is 4.84 Å². The fourth-order valence-corrected chi connectivity index (χ4v) is 2.79. The molecular weight excluding hydrogens is 226 g/mol. The Bertz CT molecular complexity index is 264. The van der Waals surface area contributed by atoms with Gasteiger partial charge in [-0.15, -0.1) is 0 Å². The summed E-state index contributed by atoms with van der Waals surface area (Å²) >= 11 is 0. The van der Waals surface area contributed by atoms with Gasteiger partial charge in [-0.2, -0.15) is 5.06 Å². The number of aldehydes is 1. The topological polar surface area (TPSA) is 29.5 Å². The molecule has 0 radical (unpaired) electrons. The number of rotatable bonds is 6. The summed E-state index contributed by atoms with van der Waals surface area (Å²) in [5.41, 5.74) is 0.117. The van der Waals surface area contributed by atoms with Crippen LogP contribution in [0, 0.1) is 5.41 Å². The normalized spacial score (nSPS) is 21.2. The van der Waals surface area contributed by atoms with Crippen LogP contribution in [0.5, 0.6) is 0 Å². The molecule has 0 spiro atoms. The number of hydrogen-bond acceptors (Lipinski definition) is 3. The molecule has 1 aliphatic carbocycles. The third-order valence-electron chi connectivity index (χ3n) is 3.94. The molecule has 1 aliphatic rings. The summed E-state index contributed by atoms with van der Waals surface area (Å²) in [6.45, 7) is 8.65. The molecule has 3 nitrogen and oxygen atoms in total. The van der Waals surface area contributed by atoms with Gasteiger partial charge in [0.15, 0.2) is 0 Å². The summed E-state index contributed by atoms with van der Waals surface area (Å²) in [4.78, 5) is 17.4. The maximum atomic E-state index is 11.3. The smallest absolute Gasteiger partial charge is 0.139 e. The first-order chi connectivity index (χ1) is 8.32. The van der Waals surface area contributed by atoms with Crippen molar-refractivity contribution < 1.29 is 9.63 Å². The van der Waals surface area contributed by atoms with Crippen LogP contribution in [0.15, 0.2) is 0 Å². The number of carbonyl (C=O) groups is 1. The summed E-state index contributed by atoms with van der Waals surface area (Å²) in [5, 5.41) is 1.80. The van der Waals surface area contributed by atoms with Crippen molar-refractivity contribution in [2.75, 3.05) is 7.05 Å². The van der Waals surface area contributed by atoms with Crippen molar-refractivity contribution in [3.8, 4) is 0 Å². The zero-order valence-corrected chi connectivity index (χ0v) is 12.7. The summed E-state index contributed by atoms with van der Waals surface area (Å²) in [6, 6.07) is -0.144. The second-order valence-corrected chi connectivity index (χ2v) is 6.85. The Morgan fingerprint density at radius 3 is 2.28 bits per heavy atom. The third kappa shape index (κ3) is 4.36. The molecule has 1 rings (SSSR count). The molecule has 1 saturated carbocycles. The van der Waals surface area contributed by atoms with Crippen molar-refractivity contribution in [3.05, 3.63) is 0 Å². The second kappa shape index (κ2) is 6.16. The lowest BCUT2D eigenvalue weighted by atomic mass is 9.88. The minimum Gasteiger partial charge on any atom is -0.302 e. The van der Waals surface area contributed by atoms with E-state index in [2.05, 4.69) is 27.7 Å². The van der Waals surface area contributed by atoms with Crippen LogP contribution < -0.4 is 0 Å². The van der Waals surface area contributed by atoms with Crippen molar-refractivity contribution in [2.45, 2.75) is 77.9 Å². The number of carbonyl (C=O) groups excluding carboxylic acids is 1. The molecule has 18 heavy (non-hydrogen) atoms. The first-order valence-electron chi connectivity index (χ1n) is 7.19. The molecule has 0 N–H and O–H groups in total. The van der Waals surface area contributed by atoms with E-state index < -0.39 is 0 Å². The van der Waals surface area contributed by atoms with Crippen LogP contribution in [0.2, 0.25) is 0 Å². The molecule has 1 atom stereocenters. The quantitative estimate of drug-likeness (QED) is 0.537. The van der Waals surface area contributed by atoms with Crippen molar-refractivity contribution in [1.82, 2.24) is 5.06 Å². The van der Waals surface area contributed by atoms with Gasteiger partial charge in [-0.1, -0.05) is 40.5 Å². The maximum Gasteiger partial charge on any atom is 0.139 e. The Morgan fingerprint density at radius 1 is 1.33 bits per heavy atom. The number of hydroxylamine groups is 2. The Balaban J connectivity index is 2.61. The van der Waals surface area contributed by atoms with Gasteiger partial charge in [0.05, 0.1) is 11.6 Å². The fraction of sp³-hybridized carbons (Fsp3) is 0.933. The molecule has 0 aromatic carbocycles. The molecule has 0 saturated heterocycles. The predicted molar refractivity (Wildman–Crippen MR) is 74.3 cm³/mol. The Labute approximate surface area is 112 Å². The van der Waals surface area contributed by atoms with Crippen LogP contribution in [0.3, 0.4) is 0 Å². The van der Waals surface area contributed by atoms with E-state index in [1.165, 1.54) is 12.8 Å². The lowest BCUT2D eigenvalue weighted by molar-refractivity contribution is -0.249. The summed E-state index contributed by atoms with van der Waals surface area (Å²) in [5.74, 6) is 0. The van der Waals surface area contributed by atoms with E-state index in [1.807, 2.05) is 7.05 Å². The van der Waals surface area contributed by atoms with Crippen LogP contribution in [0.4, 0.5) is 0 Å². The fourth-order valence-electron chi connectivity index (χ4n) is 2.79. The average molecular weight is 255 g/mol. The molecule has 0 aliphatic heterocycles. The van der Waals surface area contributed by atoms with Gasteiger partial charge in [0.1, 0.15) is 6.29 Å². The summed E-state index contributed by atoms with van der Waals surface area (Å²) in [6.07, 6.45) is 7.60. The molecule has 1 fully saturated rings. The molecule has 0 aromatic rings. The van der Waals surface area contributed by atoms with Crippen LogP contribution in [0.1, 0.15) is 66.2 Å². The Kier molecular flexibility index (Phi) is 5.35. The van der Waals surface area contributed by atoms with Gasteiger partial charge in [-0.25, -0.2) is 0 Å². The number of likely N-dealkylation sites (N-methyl/N-ethyl adjacent to an activating group) is 1. The van der Waals surface area contributed by atoms with E-state index in [-0.39, 0.29) is 17.1 Å². The first kappa shape index (κ1) is 15.6. The van der Waals surface area contributed by atoms with Crippen molar-refractivity contribution in [1.29, 1.82) is 0 Å². The summed E-state index contributed by atoms with van der Waals surface area (Å²) in [7, 11) is 1.90. The minimum absolute atomic E-state index is 0.0199. The predicted octanol–water partition coefficient (Wildman–Crippen LogP) is 3.58. The average Bonchev–Trinajstić information content (AvgIpc) is 2.73.